The molecule has 25 heavy (non-hydrogen) atoms. The van der Waals surface area contributed by atoms with Crippen LogP contribution in [0.3, 0.4) is 0 Å². The van der Waals surface area contributed by atoms with E-state index in [9.17, 15) is 13.2 Å². The molecule has 2 aromatic carbocycles. The van der Waals surface area contributed by atoms with E-state index in [0.717, 1.165) is 0 Å². The topological polar surface area (TPSA) is 45.5 Å². The van der Waals surface area contributed by atoms with E-state index in [0.29, 0.717) is 23.2 Å². The molecule has 0 aromatic heterocycles. The molecule has 0 aliphatic rings. The van der Waals surface area contributed by atoms with Crippen LogP contribution in [0.1, 0.15) is 16.7 Å². The van der Waals surface area contributed by atoms with Crippen molar-refractivity contribution in [1.29, 1.82) is 5.26 Å². The van der Waals surface area contributed by atoms with Crippen LogP contribution in [-0.2, 0) is 13.1 Å². The minimum atomic E-state index is -2.95. The molecule has 0 aliphatic carbocycles. The third kappa shape index (κ3) is 5.13. The summed E-state index contributed by atoms with van der Waals surface area (Å²) < 4.78 is 48.3. The molecule has 4 nitrogen and oxygen atoms in total. The number of hydrogen-bond donors (Lipinski definition) is 0. The summed E-state index contributed by atoms with van der Waals surface area (Å²) in [4.78, 5) is 1.80. The van der Waals surface area contributed by atoms with Gasteiger partial charge in [0.05, 0.1) is 18.7 Å². The van der Waals surface area contributed by atoms with Crippen LogP contribution < -0.4 is 9.47 Å². The zero-order valence-corrected chi connectivity index (χ0v) is 13.8. The zero-order valence-electron chi connectivity index (χ0n) is 13.8. The van der Waals surface area contributed by atoms with E-state index in [1.807, 2.05) is 6.07 Å². The highest BCUT2D eigenvalue weighted by Crippen LogP contribution is 2.30. The monoisotopic (exact) mass is 350 g/mol. The van der Waals surface area contributed by atoms with Crippen molar-refractivity contribution in [2.24, 2.45) is 0 Å². The standard InChI is InChI=1S/C18H17F3N2O2/c1-23(11-14-7-12(9-22)3-5-15(14)19)10-13-4-6-16(24-2)17(8-13)25-18(20)21/h3-8,18H,10-11H2,1-2H3. The molecular weight excluding hydrogens is 333 g/mol. The molecule has 0 fully saturated rings. The Hall–Kier alpha value is -2.72. The first-order valence-electron chi connectivity index (χ1n) is 7.41. The summed E-state index contributed by atoms with van der Waals surface area (Å²) in [6.07, 6.45) is 0. The summed E-state index contributed by atoms with van der Waals surface area (Å²) in [5.41, 5.74) is 1.47. The van der Waals surface area contributed by atoms with Crippen LogP contribution in [0.4, 0.5) is 13.2 Å². The molecular formula is C18H17F3N2O2. The lowest BCUT2D eigenvalue weighted by Crippen LogP contribution is -2.18. The summed E-state index contributed by atoms with van der Waals surface area (Å²) in [6, 6.07) is 10.8. The predicted molar refractivity (Wildman–Crippen MR) is 85.9 cm³/mol. The van der Waals surface area contributed by atoms with Crippen molar-refractivity contribution in [3.8, 4) is 17.6 Å². The lowest BCUT2D eigenvalue weighted by atomic mass is 10.1. The van der Waals surface area contributed by atoms with Crippen molar-refractivity contribution in [2.75, 3.05) is 14.2 Å². The van der Waals surface area contributed by atoms with Crippen LogP contribution in [0.5, 0.6) is 11.5 Å². The van der Waals surface area contributed by atoms with Crippen LogP contribution >= 0.6 is 0 Å². The Kier molecular flexibility index (Phi) is 6.25. The molecule has 0 bridgehead atoms. The van der Waals surface area contributed by atoms with Gasteiger partial charge < -0.3 is 9.47 Å². The van der Waals surface area contributed by atoms with E-state index in [4.69, 9.17) is 10.00 Å². The molecule has 0 radical (unpaired) electrons. The Labute approximate surface area is 144 Å². The van der Waals surface area contributed by atoms with Gasteiger partial charge in [-0.05, 0) is 42.9 Å². The van der Waals surface area contributed by atoms with Crippen molar-refractivity contribution < 1.29 is 22.6 Å². The van der Waals surface area contributed by atoms with Gasteiger partial charge in [-0.1, -0.05) is 6.07 Å². The van der Waals surface area contributed by atoms with Gasteiger partial charge in [0.15, 0.2) is 11.5 Å². The first-order chi connectivity index (χ1) is 11.9. The average molecular weight is 350 g/mol. The molecule has 0 heterocycles. The molecule has 0 amide bonds. The Morgan fingerprint density at radius 2 is 1.88 bits per heavy atom. The minimum absolute atomic E-state index is 0.0546. The molecule has 2 rings (SSSR count). The fraction of sp³-hybridized carbons (Fsp3) is 0.278. The highest BCUT2D eigenvalue weighted by molar-refractivity contribution is 5.43. The number of benzene rings is 2. The number of ether oxygens (including phenoxy) is 2. The highest BCUT2D eigenvalue weighted by Gasteiger charge is 2.13. The quantitative estimate of drug-likeness (QED) is 0.759. The fourth-order valence-corrected chi connectivity index (χ4v) is 2.43. The second kappa shape index (κ2) is 8.40. The first-order valence-corrected chi connectivity index (χ1v) is 7.41. The predicted octanol–water partition coefficient (Wildman–Crippen LogP) is 3.94. The Morgan fingerprint density at radius 3 is 2.52 bits per heavy atom. The average Bonchev–Trinajstić information content (AvgIpc) is 2.56. The molecule has 0 atom stereocenters. The van der Waals surface area contributed by atoms with Gasteiger partial charge in [0.2, 0.25) is 0 Å². The van der Waals surface area contributed by atoms with Crippen molar-refractivity contribution >= 4 is 0 Å². The van der Waals surface area contributed by atoms with Crippen molar-refractivity contribution in [3.05, 3.63) is 58.9 Å². The van der Waals surface area contributed by atoms with Gasteiger partial charge in [0.1, 0.15) is 5.82 Å². The van der Waals surface area contributed by atoms with Crippen LogP contribution in [0.15, 0.2) is 36.4 Å². The largest absolute Gasteiger partial charge is 0.493 e. The maximum atomic E-state index is 13.9. The number of halogens is 3. The number of alkyl halides is 2. The lowest BCUT2D eigenvalue weighted by Gasteiger charge is -2.18. The molecule has 0 N–H and O–H groups in total. The van der Waals surface area contributed by atoms with Crippen molar-refractivity contribution in [3.63, 3.8) is 0 Å². The molecule has 0 saturated carbocycles. The van der Waals surface area contributed by atoms with Crippen LogP contribution in [-0.4, -0.2) is 25.7 Å². The van der Waals surface area contributed by atoms with Gasteiger partial charge in [-0.3, -0.25) is 4.90 Å². The van der Waals surface area contributed by atoms with E-state index >= 15 is 0 Å². The molecule has 0 unspecified atom stereocenters. The fourth-order valence-electron chi connectivity index (χ4n) is 2.43. The smallest absolute Gasteiger partial charge is 0.387 e. The van der Waals surface area contributed by atoms with E-state index in [-0.39, 0.29) is 18.0 Å². The summed E-state index contributed by atoms with van der Waals surface area (Å²) in [6.45, 7) is -2.32. The number of rotatable bonds is 7. The Balaban J connectivity index is 2.12. The Morgan fingerprint density at radius 1 is 1.12 bits per heavy atom. The molecule has 2 aromatic rings. The number of nitriles is 1. The van der Waals surface area contributed by atoms with E-state index in [1.165, 1.54) is 37.4 Å². The van der Waals surface area contributed by atoms with Gasteiger partial charge in [0, 0.05) is 18.7 Å². The third-order valence-corrected chi connectivity index (χ3v) is 3.51. The second-order valence-electron chi connectivity index (χ2n) is 5.45. The zero-order chi connectivity index (χ0) is 18.4. The summed E-state index contributed by atoms with van der Waals surface area (Å²) >= 11 is 0. The third-order valence-electron chi connectivity index (χ3n) is 3.51. The van der Waals surface area contributed by atoms with Gasteiger partial charge in [-0.15, -0.1) is 0 Å². The van der Waals surface area contributed by atoms with Crippen LogP contribution in [0.25, 0.3) is 0 Å². The number of methoxy groups -OCH3 is 1. The molecule has 0 saturated heterocycles. The van der Waals surface area contributed by atoms with Gasteiger partial charge in [-0.25, -0.2) is 4.39 Å². The van der Waals surface area contributed by atoms with E-state index in [2.05, 4.69) is 4.74 Å². The van der Waals surface area contributed by atoms with Gasteiger partial charge in [0.25, 0.3) is 0 Å². The maximum absolute atomic E-state index is 13.9. The van der Waals surface area contributed by atoms with Crippen LogP contribution in [0.2, 0.25) is 0 Å². The van der Waals surface area contributed by atoms with Crippen molar-refractivity contribution in [1.82, 2.24) is 4.90 Å². The number of nitrogens with zero attached hydrogens (tertiary/aromatic N) is 2. The normalized spacial score (nSPS) is 10.8. The molecule has 7 heteroatoms. The van der Waals surface area contributed by atoms with E-state index < -0.39 is 12.4 Å². The van der Waals surface area contributed by atoms with Crippen LogP contribution in [0, 0.1) is 17.1 Å². The SMILES string of the molecule is COc1ccc(CN(C)Cc2cc(C#N)ccc2F)cc1OC(F)F. The second-order valence-corrected chi connectivity index (χ2v) is 5.45. The molecule has 0 spiro atoms. The first kappa shape index (κ1) is 18.6. The molecule has 132 valence electrons. The highest BCUT2D eigenvalue weighted by atomic mass is 19.3. The molecule has 0 aliphatic heterocycles. The van der Waals surface area contributed by atoms with Gasteiger partial charge in [-0.2, -0.15) is 14.0 Å². The summed E-state index contributed by atoms with van der Waals surface area (Å²) in [5.74, 6) is -0.247. The Bertz CT molecular complexity index is 775. The summed E-state index contributed by atoms with van der Waals surface area (Å²) in [5, 5.41) is 8.90. The summed E-state index contributed by atoms with van der Waals surface area (Å²) in [7, 11) is 3.13. The van der Waals surface area contributed by atoms with E-state index in [1.54, 1.807) is 18.0 Å². The van der Waals surface area contributed by atoms with Crippen molar-refractivity contribution in [2.45, 2.75) is 19.7 Å². The lowest BCUT2D eigenvalue weighted by molar-refractivity contribution is -0.0512. The number of hydrogen-bond acceptors (Lipinski definition) is 4. The minimum Gasteiger partial charge on any atom is -0.493 e. The maximum Gasteiger partial charge on any atom is 0.387 e. The van der Waals surface area contributed by atoms with Gasteiger partial charge >= 0.3 is 6.61 Å².